The minimum atomic E-state index is -0.566. The van der Waals surface area contributed by atoms with Crippen molar-refractivity contribution in [1.82, 2.24) is 10.2 Å². The fourth-order valence-electron chi connectivity index (χ4n) is 2.60. The Kier molecular flexibility index (Phi) is 6.27. The van der Waals surface area contributed by atoms with E-state index in [-0.39, 0.29) is 11.9 Å². The third kappa shape index (κ3) is 6.39. The molecule has 112 valence electrons. The van der Waals surface area contributed by atoms with E-state index in [1.54, 1.807) is 0 Å². The van der Waals surface area contributed by atoms with Gasteiger partial charge in [0.1, 0.15) is 0 Å². The van der Waals surface area contributed by atoms with E-state index in [9.17, 15) is 4.79 Å². The Hall–Kier alpha value is -0.610. The van der Waals surface area contributed by atoms with Gasteiger partial charge in [-0.05, 0) is 72.4 Å². The van der Waals surface area contributed by atoms with Crippen molar-refractivity contribution in [2.45, 2.75) is 64.5 Å². The van der Waals surface area contributed by atoms with E-state index < -0.39 is 5.54 Å². The molecule has 0 saturated heterocycles. The lowest BCUT2D eigenvalue weighted by Gasteiger charge is -2.30. The minimum absolute atomic E-state index is 0.243. The molecule has 0 radical (unpaired) electrons. The second-order valence-corrected chi connectivity index (χ2v) is 6.66. The van der Waals surface area contributed by atoms with Crippen LogP contribution in [0.1, 0.15) is 52.9 Å². The van der Waals surface area contributed by atoms with Gasteiger partial charge in [0.05, 0.1) is 5.54 Å². The van der Waals surface area contributed by atoms with Crippen LogP contribution in [-0.2, 0) is 4.79 Å². The smallest absolute Gasteiger partial charge is 0.237 e. The zero-order valence-electron chi connectivity index (χ0n) is 13.0. The van der Waals surface area contributed by atoms with E-state index in [4.69, 9.17) is 5.73 Å². The average molecular weight is 269 g/mol. The molecule has 19 heavy (non-hydrogen) atoms. The van der Waals surface area contributed by atoms with Gasteiger partial charge in [-0.15, -0.1) is 0 Å². The highest BCUT2D eigenvalue weighted by Crippen LogP contribution is 2.29. The molecule has 0 heterocycles. The summed E-state index contributed by atoms with van der Waals surface area (Å²) in [6, 6.07) is 0.273. The molecule has 1 amide bonds. The monoisotopic (exact) mass is 269 g/mol. The molecule has 1 aliphatic rings. The SMILES string of the molecule is CC(C)NC(C)(CCCCN(C)CC1CC1)C(N)=O. The predicted molar refractivity (Wildman–Crippen MR) is 79.9 cm³/mol. The first-order valence-corrected chi connectivity index (χ1v) is 7.59. The predicted octanol–water partition coefficient (Wildman–Crippen LogP) is 1.74. The van der Waals surface area contributed by atoms with Gasteiger partial charge in [-0.2, -0.15) is 0 Å². The van der Waals surface area contributed by atoms with Gasteiger partial charge in [-0.3, -0.25) is 4.79 Å². The van der Waals surface area contributed by atoms with Crippen LogP contribution in [0.3, 0.4) is 0 Å². The molecule has 0 spiro atoms. The van der Waals surface area contributed by atoms with Crippen LogP contribution in [0.15, 0.2) is 0 Å². The second-order valence-electron chi connectivity index (χ2n) is 6.66. The first kappa shape index (κ1) is 16.4. The molecule has 0 bridgehead atoms. The summed E-state index contributed by atoms with van der Waals surface area (Å²) in [5, 5.41) is 3.30. The van der Waals surface area contributed by atoms with Gasteiger partial charge < -0.3 is 16.0 Å². The van der Waals surface area contributed by atoms with E-state index >= 15 is 0 Å². The van der Waals surface area contributed by atoms with Gasteiger partial charge in [-0.25, -0.2) is 0 Å². The third-order valence-electron chi connectivity index (χ3n) is 3.88. The molecule has 1 saturated carbocycles. The van der Waals surface area contributed by atoms with Crippen molar-refractivity contribution < 1.29 is 4.79 Å². The quantitative estimate of drug-likeness (QED) is 0.594. The molecule has 0 aromatic heterocycles. The van der Waals surface area contributed by atoms with Crippen LogP contribution in [0.2, 0.25) is 0 Å². The number of rotatable bonds is 10. The Morgan fingerprint density at radius 2 is 2.05 bits per heavy atom. The topological polar surface area (TPSA) is 58.4 Å². The van der Waals surface area contributed by atoms with Crippen molar-refractivity contribution in [1.29, 1.82) is 0 Å². The lowest BCUT2D eigenvalue weighted by molar-refractivity contribution is -0.124. The maximum absolute atomic E-state index is 11.6. The van der Waals surface area contributed by atoms with Crippen LogP contribution >= 0.6 is 0 Å². The number of amides is 1. The van der Waals surface area contributed by atoms with Crippen LogP contribution in [0.4, 0.5) is 0 Å². The summed E-state index contributed by atoms with van der Waals surface area (Å²) in [4.78, 5) is 14.0. The van der Waals surface area contributed by atoms with E-state index in [0.29, 0.717) is 0 Å². The maximum atomic E-state index is 11.6. The summed E-state index contributed by atoms with van der Waals surface area (Å²) in [5.41, 5.74) is 4.96. The second kappa shape index (κ2) is 7.25. The van der Waals surface area contributed by atoms with Crippen LogP contribution in [0.25, 0.3) is 0 Å². The molecule has 0 aromatic rings. The number of unbranched alkanes of at least 4 members (excludes halogenated alkanes) is 1. The molecule has 0 aliphatic heterocycles. The Morgan fingerprint density at radius 1 is 1.42 bits per heavy atom. The number of nitrogens with two attached hydrogens (primary N) is 1. The summed E-state index contributed by atoms with van der Waals surface area (Å²) in [7, 11) is 2.19. The lowest BCUT2D eigenvalue weighted by atomic mass is 9.93. The van der Waals surface area contributed by atoms with Crippen LogP contribution in [-0.4, -0.2) is 42.5 Å². The number of carbonyl (C=O) groups is 1. The number of nitrogens with zero attached hydrogens (tertiary/aromatic N) is 1. The van der Waals surface area contributed by atoms with Crippen molar-refractivity contribution in [2.24, 2.45) is 11.7 Å². The molecule has 4 nitrogen and oxygen atoms in total. The Bertz CT molecular complexity index is 289. The summed E-state index contributed by atoms with van der Waals surface area (Å²) in [6.07, 6.45) is 5.79. The molecule has 1 fully saturated rings. The van der Waals surface area contributed by atoms with Crippen LogP contribution < -0.4 is 11.1 Å². The van der Waals surface area contributed by atoms with Crippen molar-refractivity contribution >= 4 is 5.91 Å². The van der Waals surface area contributed by atoms with Gasteiger partial charge in [-0.1, -0.05) is 0 Å². The van der Waals surface area contributed by atoms with Gasteiger partial charge in [0.2, 0.25) is 5.91 Å². The third-order valence-corrected chi connectivity index (χ3v) is 3.88. The fraction of sp³-hybridized carbons (Fsp3) is 0.933. The molecular weight excluding hydrogens is 238 g/mol. The number of hydrogen-bond acceptors (Lipinski definition) is 3. The molecule has 4 heteroatoms. The number of nitrogens with one attached hydrogen (secondary N) is 1. The first-order chi connectivity index (χ1) is 8.83. The number of carbonyl (C=O) groups excluding carboxylic acids is 1. The molecule has 0 aromatic carbocycles. The van der Waals surface area contributed by atoms with Gasteiger partial charge >= 0.3 is 0 Å². The highest BCUT2D eigenvalue weighted by Gasteiger charge is 2.30. The van der Waals surface area contributed by atoms with Gasteiger partial charge in [0, 0.05) is 12.6 Å². The Balaban J connectivity index is 2.21. The normalized spacial score (nSPS) is 18.8. The zero-order chi connectivity index (χ0) is 14.5. The molecule has 3 N–H and O–H groups in total. The highest BCUT2D eigenvalue weighted by molar-refractivity contribution is 5.84. The molecule has 1 rings (SSSR count). The first-order valence-electron chi connectivity index (χ1n) is 7.59. The highest BCUT2D eigenvalue weighted by atomic mass is 16.1. The maximum Gasteiger partial charge on any atom is 0.237 e. The fourth-order valence-corrected chi connectivity index (χ4v) is 2.60. The average Bonchev–Trinajstić information content (AvgIpc) is 3.07. The zero-order valence-corrected chi connectivity index (χ0v) is 13.0. The summed E-state index contributed by atoms with van der Waals surface area (Å²) < 4.78 is 0. The van der Waals surface area contributed by atoms with Crippen molar-refractivity contribution in [3.05, 3.63) is 0 Å². The van der Waals surface area contributed by atoms with Gasteiger partial charge in [0.15, 0.2) is 0 Å². The van der Waals surface area contributed by atoms with E-state index in [2.05, 4.69) is 17.3 Å². The summed E-state index contributed by atoms with van der Waals surface area (Å²) in [6.45, 7) is 8.36. The Labute approximate surface area is 118 Å². The molecule has 1 aliphatic carbocycles. The van der Waals surface area contributed by atoms with E-state index in [1.807, 2.05) is 20.8 Å². The largest absolute Gasteiger partial charge is 0.368 e. The van der Waals surface area contributed by atoms with Gasteiger partial charge in [0.25, 0.3) is 0 Å². The van der Waals surface area contributed by atoms with Crippen molar-refractivity contribution in [3.63, 3.8) is 0 Å². The Morgan fingerprint density at radius 3 is 2.53 bits per heavy atom. The van der Waals surface area contributed by atoms with E-state index in [0.717, 1.165) is 31.7 Å². The number of hydrogen-bond donors (Lipinski definition) is 2. The molecular formula is C15H31N3O. The minimum Gasteiger partial charge on any atom is -0.368 e. The van der Waals surface area contributed by atoms with Crippen LogP contribution in [0.5, 0.6) is 0 Å². The van der Waals surface area contributed by atoms with Crippen LogP contribution in [0, 0.1) is 5.92 Å². The molecule has 1 unspecified atom stereocenters. The van der Waals surface area contributed by atoms with Crippen molar-refractivity contribution in [2.75, 3.05) is 20.1 Å². The molecule has 1 atom stereocenters. The van der Waals surface area contributed by atoms with Crippen molar-refractivity contribution in [3.8, 4) is 0 Å². The standard InChI is InChI=1S/C15H31N3O/c1-12(2)17-15(3,14(16)19)9-5-6-10-18(4)11-13-7-8-13/h12-13,17H,5-11H2,1-4H3,(H2,16,19). The summed E-state index contributed by atoms with van der Waals surface area (Å²) >= 11 is 0. The van der Waals surface area contributed by atoms with E-state index in [1.165, 1.54) is 19.4 Å². The number of primary amides is 1. The summed E-state index contributed by atoms with van der Waals surface area (Å²) in [5.74, 6) is 0.705. The lowest BCUT2D eigenvalue weighted by Crippen LogP contribution is -2.55.